The molecule has 6 nitrogen and oxygen atoms in total. The summed E-state index contributed by atoms with van der Waals surface area (Å²) in [6, 6.07) is 0.563. The number of amides is 2. The summed E-state index contributed by atoms with van der Waals surface area (Å²) in [5.41, 5.74) is -0.784. The first-order chi connectivity index (χ1) is 9.87. The maximum atomic E-state index is 12.5. The SMILES string of the molecule is CCC(C)N1CCN(C(=O)N2CCC(C)(C(=O)O)C2)CC1. The Morgan fingerprint density at radius 3 is 2.24 bits per heavy atom. The second kappa shape index (κ2) is 6.22. The molecule has 2 unspecified atom stereocenters. The largest absolute Gasteiger partial charge is 0.481 e. The number of carboxylic acid groups (broad SMARTS) is 1. The van der Waals surface area contributed by atoms with Crippen molar-refractivity contribution in [2.45, 2.75) is 39.7 Å². The van der Waals surface area contributed by atoms with Crippen LogP contribution >= 0.6 is 0 Å². The molecule has 120 valence electrons. The molecule has 0 aliphatic carbocycles. The van der Waals surface area contributed by atoms with Crippen molar-refractivity contribution in [2.75, 3.05) is 39.3 Å². The van der Waals surface area contributed by atoms with Gasteiger partial charge in [0.2, 0.25) is 0 Å². The summed E-state index contributed by atoms with van der Waals surface area (Å²) in [4.78, 5) is 29.7. The van der Waals surface area contributed by atoms with E-state index in [0.717, 1.165) is 32.6 Å². The Labute approximate surface area is 126 Å². The number of piperazine rings is 1. The van der Waals surface area contributed by atoms with E-state index in [1.807, 2.05) is 4.90 Å². The maximum Gasteiger partial charge on any atom is 0.320 e. The van der Waals surface area contributed by atoms with E-state index in [9.17, 15) is 14.7 Å². The molecule has 0 bridgehead atoms. The second-order valence-electron chi connectivity index (χ2n) is 6.60. The number of hydrogen-bond acceptors (Lipinski definition) is 3. The van der Waals surface area contributed by atoms with Gasteiger partial charge >= 0.3 is 12.0 Å². The van der Waals surface area contributed by atoms with Crippen molar-refractivity contribution in [3.05, 3.63) is 0 Å². The van der Waals surface area contributed by atoms with Crippen LogP contribution < -0.4 is 0 Å². The van der Waals surface area contributed by atoms with Crippen LogP contribution in [0.15, 0.2) is 0 Å². The van der Waals surface area contributed by atoms with Crippen molar-refractivity contribution in [3.63, 3.8) is 0 Å². The number of carbonyl (C=O) groups excluding carboxylic acids is 1. The molecule has 2 aliphatic rings. The highest BCUT2D eigenvalue weighted by atomic mass is 16.4. The number of hydrogen-bond donors (Lipinski definition) is 1. The van der Waals surface area contributed by atoms with Crippen molar-refractivity contribution in [1.29, 1.82) is 0 Å². The van der Waals surface area contributed by atoms with Crippen LogP contribution in [0.3, 0.4) is 0 Å². The molecule has 2 heterocycles. The minimum atomic E-state index is -0.806. The number of urea groups is 1. The van der Waals surface area contributed by atoms with Crippen LogP contribution in [-0.4, -0.2) is 77.1 Å². The number of likely N-dealkylation sites (tertiary alicyclic amines) is 1. The zero-order valence-electron chi connectivity index (χ0n) is 13.3. The standard InChI is InChI=1S/C15H27N3O3/c1-4-12(2)16-7-9-17(10-8-16)14(21)18-6-5-15(3,11-18)13(19)20/h12H,4-11H2,1-3H3,(H,19,20). The molecule has 2 fully saturated rings. The summed E-state index contributed by atoms with van der Waals surface area (Å²) in [6.45, 7) is 10.3. The Balaban J connectivity index is 1.87. The normalized spacial score (nSPS) is 28.7. The van der Waals surface area contributed by atoms with Gasteiger partial charge in [-0.3, -0.25) is 9.69 Å². The smallest absolute Gasteiger partial charge is 0.320 e. The summed E-state index contributed by atoms with van der Waals surface area (Å²) in [5, 5.41) is 9.25. The molecule has 2 aliphatic heterocycles. The van der Waals surface area contributed by atoms with Gasteiger partial charge in [-0.2, -0.15) is 0 Å². The first kappa shape index (κ1) is 16.1. The van der Waals surface area contributed by atoms with Crippen LogP contribution in [0.5, 0.6) is 0 Å². The van der Waals surface area contributed by atoms with E-state index >= 15 is 0 Å². The van der Waals surface area contributed by atoms with Crippen LogP contribution in [0, 0.1) is 5.41 Å². The average Bonchev–Trinajstić information content (AvgIpc) is 2.90. The van der Waals surface area contributed by atoms with Crippen LogP contribution in [-0.2, 0) is 4.79 Å². The lowest BCUT2D eigenvalue weighted by atomic mass is 9.90. The van der Waals surface area contributed by atoms with E-state index in [4.69, 9.17) is 0 Å². The highest BCUT2D eigenvalue weighted by Crippen LogP contribution is 2.30. The predicted molar refractivity (Wildman–Crippen MR) is 80.2 cm³/mol. The molecule has 0 spiro atoms. The number of carboxylic acids is 1. The van der Waals surface area contributed by atoms with E-state index in [0.29, 0.717) is 25.6 Å². The molecule has 0 aromatic heterocycles. The summed E-state index contributed by atoms with van der Waals surface area (Å²) < 4.78 is 0. The van der Waals surface area contributed by atoms with Gasteiger partial charge in [0.05, 0.1) is 5.41 Å². The van der Waals surface area contributed by atoms with Gasteiger partial charge in [-0.25, -0.2) is 4.79 Å². The van der Waals surface area contributed by atoms with Crippen LogP contribution in [0.1, 0.15) is 33.6 Å². The molecule has 0 aromatic carbocycles. The van der Waals surface area contributed by atoms with Crippen molar-refractivity contribution < 1.29 is 14.7 Å². The minimum absolute atomic E-state index is 0.00350. The molecule has 6 heteroatoms. The van der Waals surface area contributed by atoms with Gasteiger partial charge in [-0.15, -0.1) is 0 Å². The molecule has 0 saturated carbocycles. The first-order valence-corrected chi connectivity index (χ1v) is 7.88. The van der Waals surface area contributed by atoms with Crippen LogP contribution in [0.25, 0.3) is 0 Å². The van der Waals surface area contributed by atoms with Gasteiger partial charge in [-0.1, -0.05) is 6.92 Å². The lowest BCUT2D eigenvalue weighted by Gasteiger charge is -2.39. The number of rotatable bonds is 3. The fourth-order valence-corrected chi connectivity index (χ4v) is 3.11. The lowest BCUT2D eigenvalue weighted by molar-refractivity contribution is -0.147. The highest BCUT2D eigenvalue weighted by molar-refractivity contribution is 5.79. The van der Waals surface area contributed by atoms with Gasteiger partial charge in [0.25, 0.3) is 0 Å². The zero-order chi connectivity index (χ0) is 15.6. The monoisotopic (exact) mass is 297 g/mol. The zero-order valence-corrected chi connectivity index (χ0v) is 13.3. The Morgan fingerprint density at radius 1 is 1.14 bits per heavy atom. The second-order valence-corrected chi connectivity index (χ2v) is 6.60. The molecule has 0 aromatic rings. The third-order valence-corrected chi connectivity index (χ3v) is 5.06. The van der Waals surface area contributed by atoms with Gasteiger partial charge in [-0.05, 0) is 26.7 Å². The average molecular weight is 297 g/mol. The van der Waals surface area contributed by atoms with Gasteiger partial charge in [0.1, 0.15) is 0 Å². The fraction of sp³-hybridized carbons (Fsp3) is 0.867. The maximum absolute atomic E-state index is 12.5. The molecule has 2 atom stereocenters. The number of carbonyl (C=O) groups is 2. The van der Waals surface area contributed by atoms with E-state index in [1.54, 1.807) is 11.8 Å². The number of aliphatic carboxylic acids is 1. The van der Waals surface area contributed by atoms with Crippen molar-refractivity contribution in [3.8, 4) is 0 Å². The van der Waals surface area contributed by atoms with Crippen molar-refractivity contribution in [1.82, 2.24) is 14.7 Å². The van der Waals surface area contributed by atoms with Gasteiger partial charge in [0.15, 0.2) is 0 Å². The molecule has 2 saturated heterocycles. The van der Waals surface area contributed by atoms with Gasteiger partial charge in [0, 0.05) is 45.3 Å². The topological polar surface area (TPSA) is 64.1 Å². The predicted octanol–water partition coefficient (Wildman–Crippen LogP) is 1.32. The Morgan fingerprint density at radius 2 is 1.76 bits per heavy atom. The Hall–Kier alpha value is -1.30. The first-order valence-electron chi connectivity index (χ1n) is 7.88. The molecule has 2 rings (SSSR count). The quantitative estimate of drug-likeness (QED) is 0.853. The highest BCUT2D eigenvalue weighted by Gasteiger charge is 2.43. The van der Waals surface area contributed by atoms with Crippen LogP contribution in [0.2, 0.25) is 0 Å². The molecule has 1 N–H and O–H groups in total. The third kappa shape index (κ3) is 3.31. The lowest BCUT2D eigenvalue weighted by Crippen LogP contribution is -2.54. The van der Waals surface area contributed by atoms with E-state index in [-0.39, 0.29) is 6.03 Å². The minimum Gasteiger partial charge on any atom is -0.481 e. The Kier molecular flexibility index (Phi) is 4.76. The summed E-state index contributed by atoms with van der Waals surface area (Å²) in [6.07, 6.45) is 1.66. The van der Waals surface area contributed by atoms with E-state index < -0.39 is 11.4 Å². The van der Waals surface area contributed by atoms with Crippen molar-refractivity contribution >= 4 is 12.0 Å². The molecule has 2 amide bonds. The number of nitrogens with zero attached hydrogens (tertiary/aromatic N) is 3. The van der Waals surface area contributed by atoms with Gasteiger partial charge < -0.3 is 14.9 Å². The molecule has 0 radical (unpaired) electrons. The molecule has 21 heavy (non-hydrogen) atoms. The fourth-order valence-electron chi connectivity index (χ4n) is 3.11. The summed E-state index contributed by atoms with van der Waals surface area (Å²) in [7, 11) is 0. The summed E-state index contributed by atoms with van der Waals surface area (Å²) >= 11 is 0. The summed E-state index contributed by atoms with van der Waals surface area (Å²) in [5.74, 6) is -0.806. The Bertz CT molecular complexity index is 407. The van der Waals surface area contributed by atoms with Crippen molar-refractivity contribution in [2.24, 2.45) is 5.41 Å². The van der Waals surface area contributed by atoms with E-state index in [2.05, 4.69) is 18.7 Å². The van der Waals surface area contributed by atoms with E-state index in [1.165, 1.54) is 0 Å². The third-order valence-electron chi connectivity index (χ3n) is 5.06. The van der Waals surface area contributed by atoms with Crippen LogP contribution in [0.4, 0.5) is 4.79 Å². The molecular formula is C15H27N3O3. The molecular weight excluding hydrogens is 270 g/mol.